The van der Waals surface area contributed by atoms with Crippen LogP contribution in [0.3, 0.4) is 0 Å². The van der Waals surface area contributed by atoms with Gasteiger partial charge in [0.25, 0.3) is 0 Å². The molecule has 2 aromatic carbocycles. The fraction of sp³-hybridized carbons (Fsp3) is 0.167. The minimum absolute atomic E-state index is 0.00122. The van der Waals surface area contributed by atoms with Gasteiger partial charge in [0.2, 0.25) is 5.91 Å². The third-order valence-corrected chi connectivity index (χ3v) is 4.32. The predicted molar refractivity (Wildman–Crippen MR) is 90.6 cm³/mol. The molecule has 1 aliphatic rings. The summed E-state index contributed by atoms with van der Waals surface area (Å²) in [4.78, 5) is 12.2. The summed E-state index contributed by atoms with van der Waals surface area (Å²) in [6, 6.07) is 15.6. The molecule has 0 aromatic heterocycles. The van der Waals surface area contributed by atoms with Gasteiger partial charge in [-0.25, -0.2) is 0 Å². The van der Waals surface area contributed by atoms with Crippen LogP contribution in [0.2, 0.25) is 0 Å². The molecule has 0 fully saturated rings. The smallest absolute Gasteiger partial charge is 0.244 e. The average Bonchev–Trinajstić information content (AvgIpc) is 2.54. The Bertz CT molecular complexity index is 712. The first kappa shape index (κ1) is 14.9. The Morgan fingerprint density at radius 3 is 2.82 bits per heavy atom. The van der Waals surface area contributed by atoms with E-state index in [4.69, 9.17) is 4.74 Å². The molecule has 112 valence electrons. The third-order valence-electron chi connectivity index (χ3n) is 3.59. The number of halogens is 1. The van der Waals surface area contributed by atoms with Gasteiger partial charge >= 0.3 is 0 Å². The van der Waals surface area contributed by atoms with Gasteiger partial charge < -0.3 is 10.1 Å². The van der Waals surface area contributed by atoms with E-state index in [-0.39, 0.29) is 11.9 Å². The van der Waals surface area contributed by atoms with E-state index in [1.54, 1.807) is 6.08 Å². The van der Waals surface area contributed by atoms with Crippen LogP contribution in [-0.2, 0) is 4.79 Å². The standard InChI is InChI=1S/C18H16BrNO2/c19-15-7-3-1-5-13(15)9-10-18(21)20-16-11-12-22-17-8-4-2-6-14(16)17/h1-10,16H,11-12H2,(H,20,21)/b10-9+/t16-/m1/s1. The van der Waals surface area contributed by atoms with Crippen molar-refractivity contribution in [2.24, 2.45) is 0 Å². The van der Waals surface area contributed by atoms with Gasteiger partial charge in [0.1, 0.15) is 5.75 Å². The van der Waals surface area contributed by atoms with Crippen molar-refractivity contribution in [1.82, 2.24) is 5.32 Å². The molecule has 1 amide bonds. The largest absolute Gasteiger partial charge is 0.493 e. The topological polar surface area (TPSA) is 38.3 Å². The molecule has 0 aliphatic carbocycles. The highest BCUT2D eigenvalue weighted by molar-refractivity contribution is 9.10. The second-order valence-corrected chi connectivity index (χ2v) is 5.95. The van der Waals surface area contributed by atoms with Crippen LogP contribution in [-0.4, -0.2) is 12.5 Å². The first-order chi connectivity index (χ1) is 10.7. The number of hydrogen-bond acceptors (Lipinski definition) is 2. The molecule has 2 aromatic rings. The Hall–Kier alpha value is -2.07. The number of amides is 1. The summed E-state index contributed by atoms with van der Waals surface area (Å²) in [7, 11) is 0. The van der Waals surface area contributed by atoms with E-state index in [9.17, 15) is 4.79 Å². The number of benzene rings is 2. The quantitative estimate of drug-likeness (QED) is 0.839. The maximum atomic E-state index is 12.2. The summed E-state index contributed by atoms with van der Waals surface area (Å²) in [5.41, 5.74) is 2.02. The number of para-hydroxylation sites is 1. The van der Waals surface area contributed by atoms with E-state index in [1.807, 2.05) is 54.6 Å². The van der Waals surface area contributed by atoms with Gasteiger partial charge in [-0.05, 0) is 23.8 Å². The summed E-state index contributed by atoms with van der Waals surface area (Å²) in [6.45, 7) is 0.621. The maximum Gasteiger partial charge on any atom is 0.244 e. The van der Waals surface area contributed by atoms with Crippen LogP contribution < -0.4 is 10.1 Å². The first-order valence-corrected chi connectivity index (χ1v) is 7.98. The van der Waals surface area contributed by atoms with E-state index < -0.39 is 0 Å². The lowest BCUT2D eigenvalue weighted by molar-refractivity contribution is -0.117. The number of fused-ring (bicyclic) bond motifs is 1. The fourth-order valence-corrected chi connectivity index (χ4v) is 2.90. The number of rotatable bonds is 3. The number of carbonyl (C=O) groups excluding carboxylic acids is 1. The normalized spacial score (nSPS) is 16.9. The summed E-state index contributed by atoms with van der Waals surface area (Å²) >= 11 is 3.47. The Morgan fingerprint density at radius 1 is 1.18 bits per heavy atom. The molecular formula is C18H16BrNO2. The van der Waals surface area contributed by atoms with Crippen molar-refractivity contribution in [3.63, 3.8) is 0 Å². The maximum absolute atomic E-state index is 12.2. The Morgan fingerprint density at radius 2 is 1.95 bits per heavy atom. The van der Waals surface area contributed by atoms with Crippen LogP contribution >= 0.6 is 15.9 Å². The van der Waals surface area contributed by atoms with E-state index in [0.29, 0.717) is 6.61 Å². The van der Waals surface area contributed by atoms with Gasteiger partial charge in [0.05, 0.1) is 12.6 Å². The van der Waals surface area contributed by atoms with Crippen molar-refractivity contribution in [3.8, 4) is 5.75 Å². The van der Waals surface area contributed by atoms with Crippen molar-refractivity contribution in [1.29, 1.82) is 0 Å². The van der Waals surface area contributed by atoms with Crippen molar-refractivity contribution < 1.29 is 9.53 Å². The second kappa shape index (κ2) is 6.79. The Kier molecular flexibility index (Phi) is 4.59. The van der Waals surface area contributed by atoms with E-state index in [0.717, 1.165) is 27.8 Å². The minimum atomic E-state index is -0.0996. The molecule has 3 nitrogen and oxygen atoms in total. The number of nitrogens with one attached hydrogen (secondary N) is 1. The number of carbonyl (C=O) groups is 1. The van der Waals surface area contributed by atoms with Crippen molar-refractivity contribution in [2.75, 3.05) is 6.61 Å². The molecule has 1 heterocycles. The molecule has 0 saturated heterocycles. The summed E-state index contributed by atoms with van der Waals surface area (Å²) in [5.74, 6) is 0.756. The van der Waals surface area contributed by atoms with Gasteiger partial charge in [-0.1, -0.05) is 52.3 Å². The van der Waals surface area contributed by atoms with Gasteiger partial charge in [0, 0.05) is 22.5 Å². The number of ether oxygens (including phenoxy) is 1. The lowest BCUT2D eigenvalue weighted by Crippen LogP contribution is -2.30. The van der Waals surface area contributed by atoms with Crippen molar-refractivity contribution in [3.05, 3.63) is 70.2 Å². The fourth-order valence-electron chi connectivity index (χ4n) is 2.49. The molecule has 0 spiro atoms. The van der Waals surface area contributed by atoms with E-state index >= 15 is 0 Å². The highest BCUT2D eigenvalue weighted by Gasteiger charge is 2.21. The second-order valence-electron chi connectivity index (χ2n) is 5.09. The lowest BCUT2D eigenvalue weighted by atomic mass is 10.0. The molecule has 0 radical (unpaired) electrons. The lowest BCUT2D eigenvalue weighted by Gasteiger charge is -2.26. The van der Waals surface area contributed by atoms with Gasteiger partial charge in [-0.2, -0.15) is 0 Å². The third kappa shape index (κ3) is 3.39. The molecular weight excluding hydrogens is 342 g/mol. The first-order valence-electron chi connectivity index (χ1n) is 7.19. The minimum Gasteiger partial charge on any atom is -0.493 e. The Labute approximate surface area is 138 Å². The number of hydrogen-bond donors (Lipinski definition) is 1. The predicted octanol–water partition coefficient (Wildman–Crippen LogP) is 4.10. The van der Waals surface area contributed by atoms with Crippen molar-refractivity contribution in [2.45, 2.75) is 12.5 Å². The van der Waals surface area contributed by atoms with E-state index in [1.165, 1.54) is 0 Å². The van der Waals surface area contributed by atoms with Crippen LogP contribution in [0.4, 0.5) is 0 Å². The zero-order valence-electron chi connectivity index (χ0n) is 12.0. The highest BCUT2D eigenvalue weighted by atomic mass is 79.9. The summed E-state index contributed by atoms with van der Waals surface area (Å²) in [6.07, 6.45) is 4.16. The average molecular weight is 358 g/mol. The molecule has 1 aliphatic heterocycles. The monoisotopic (exact) mass is 357 g/mol. The van der Waals surface area contributed by atoms with Crippen LogP contribution in [0, 0.1) is 0 Å². The molecule has 3 rings (SSSR count). The van der Waals surface area contributed by atoms with Crippen molar-refractivity contribution >= 4 is 27.9 Å². The SMILES string of the molecule is O=C(/C=C/c1ccccc1Br)N[C@@H]1CCOc2ccccc21. The van der Waals surface area contributed by atoms with E-state index in [2.05, 4.69) is 21.2 Å². The van der Waals surface area contributed by atoms with Gasteiger partial charge in [-0.3, -0.25) is 4.79 Å². The molecule has 4 heteroatoms. The van der Waals surface area contributed by atoms with Crippen LogP contribution in [0.25, 0.3) is 6.08 Å². The van der Waals surface area contributed by atoms with Gasteiger partial charge in [-0.15, -0.1) is 0 Å². The molecule has 0 bridgehead atoms. The van der Waals surface area contributed by atoms with Crippen LogP contribution in [0.15, 0.2) is 59.1 Å². The summed E-state index contributed by atoms with van der Waals surface area (Å²) in [5, 5.41) is 3.04. The highest BCUT2D eigenvalue weighted by Crippen LogP contribution is 2.31. The summed E-state index contributed by atoms with van der Waals surface area (Å²) < 4.78 is 6.57. The molecule has 22 heavy (non-hydrogen) atoms. The van der Waals surface area contributed by atoms with Crippen LogP contribution in [0.5, 0.6) is 5.75 Å². The zero-order chi connectivity index (χ0) is 15.4. The zero-order valence-corrected chi connectivity index (χ0v) is 13.5. The molecule has 0 saturated carbocycles. The molecule has 1 atom stereocenters. The van der Waals surface area contributed by atoms with Crippen LogP contribution in [0.1, 0.15) is 23.6 Å². The van der Waals surface area contributed by atoms with Gasteiger partial charge in [0.15, 0.2) is 0 Å². The Balaban J connectivity index is 1.69. The molecule has 1 N–H and O–H groups in total. The molecule has 0 unspecified atom stereocenters.